The van der Waals surface area contributed by atoms with Gasteiger partial charge in [0.05, 0.1) is 0 Å². The molecule has 2 aromatic carbocycles. The Bertz CT molecular complexity index is 695. The smallest absolute Gasteiger partial charge is 0.355 e. The molecule has 0 aliphatic carbocycles. The molecule has 0 radical (unpaired) electrons. The lowest BCUT2D eigenvalue weighted by Gasteiger charge is -2.46. The molecule has 0 saturated heterocycles. The average Bonchev–Trinajstić information content (AvgIpc) is 2.71. The molecule has 4 heteroatoms. The van der Waals surface area contributed by atoms with Crippen LogP contribution in [0.15, 0.2) is 60.7 Å². The molecule has 2 atom stereocenters. The Morgan fingerprint density at radius 2 is 1.56 bits per heavy atom. The molecule has 146 valence electrons. The van der Waals surface area contributed by atoms with Crippen molar-refractivity contribution in [1.82, 2.24) is 0 Å². The van der Waals surface area contributed by atoms with Gasteiger partial charge in [-0.2, -0.15) is 0 Å². The Morgan fingerprint density at radius 1 is 0.963 bits per heavy atom. The molecule has 0 spiro atoms. The fraction of sp³-hybridized carbons (Fsp3) is 0.435. The molecule has 0 aromatic heterocycles. The Kier molecular flexibility index (Phi) is 7.43. The predicted octanol–water partition coefficient (Wildman–Crippen LogP) is 5.42. The van der Waals surface area contributed by atoms with Crippen LogP contribution in [0.4, 0.5) is 0 Å². The summed E-state index contributed by atoms with van der Waals surface area (Å²) < 4.78 is 12.3. The van der Waals surface area contributed by atoms with Crippen LogP contribution in [0.25, 0.3) is 0 Å². The molecule has 0 heterocycles. The average molecular weight is 370 g/mol. The first kappa shape index (κ1) is 21.0. The highest BCUT2D eigenvalue weighted by atomic mass is 16.6. The number of carboxylic acids is 1. The van der Waals surface area contributed by atoms with Crippen molar-refractivity contribution in [2.75, 3.05) is 7.11 Å². The molecule has 27 heavy (non-hydrogen) atoms. The van der Waals surface area contributed by atoms with Crippen LogP contribution in [-0.2, 0) is 15.1 Å². The normalized spacial score (nSPS) is 15.5. The van der Waals surface area contributed by atoms with Gasteiger partial charge >= 0.3 is 5.97 Å². The number of hydrogen-bond donors (Lipinski definition) is 1. The lowest BCUT2D eigenvalue weighted by Crippen LogP contribution is -2.61. The van der Waals surface area contributed by atoms with Crippen molar-refractivity contribution in [3.05, 3.63) is 66.2 Å². The monoisotopic (exact) mass is 370 g/mol. The first-order chi connectivity index (χ1) is 13.1. The van der Waals surface area contributed by atoms with Crippen LogP contribution in [-0.4, -0.2) is 23.8 Å². The maximum atomic E-state index is 12.8. The fourth-order valence-electron chi connectivity index (χ4n) is 3.77. The van der Waals surface area contributed by atoms with Gasteiger partial charge in [-0.3, -0.25) is 0 Å². The summed E-state index contributed by atoms with van der Waals surface area (Å²) in [6.45, 7) is 4.09. The minimum absolute atomic E-state index is 0.508. The molecular formula is C23H30O4. The van der Waals surface area contributed by atoms with Crippen LogP contribution in [0.2, 0.25) is 0 Å². The van der Waals surface area contributed by atoms with Crippen LogP contribution in [0.5, 0.6) is 5.75 Å². The van der Waals surface area contributed by atoms with E-state index in [1.165, 1.54) is 0 Å². The number of hydrogen-bond acceptors (Lipinski definition) is 3. The molecule has 2 aromatic rings. The molecule has 0 amide bonds. The van der Waals surface area contributed by atoms with Crippen LogP contribution in [0.3, 0.4) is 0 Å². The summed E-state index contributed by atoms with van der Waals surface area (Å²) >= 11 is 0. The number of carbonyl (C=O) groups is 1. The third-order valence-electron chi connectivity index (χ3n) is 5.28. The Morgan fingerprint density at radius 3 is 2.04 bits per heavy atom. The molecule has 0 saturated carbocycles. The van der Waals surface area contributed by atoms with E-state index in [0.717, 1.165) is 19.3 Å². The molecule has 0 fully saturated rings. The number of para-hydroxylation sites is 1. The van der Waals surface area contributed by atoms with Gasteiger partial charge < -0.3 is 14.6 Å². The second-order valence-corrected chi connectivity index (χ2v) is 6.78. The third kappa shape index (κ3) is 4.16. The number of unbranched alkanes of at least 4 members (excludes halogenated alkanes) is 2. The van der Waals surface area contributed by atoms with Gasteiger partial charge in [0, 0.05) is 12.7 Å². The molecule has 2 unspecified atom stereocenters. The lowest BCUT2D eigenvalue weighted by molar-refractivity contribution is -0.199. The van der Waals surface area contributed by atoms with Gasteiger partial charge in [-0.05, 0) is 25.0 Å². The first-order valence-electron chi connectivity index (χ1n) is 9.64. The molecular weight excluding hydrogens is 340 g/mol. The Labute approximate surface area is 162 Å². The highest BCUT2D eigenvalue weighted by Gasteiger charge is 2.60. The Hall–Kier alpha value is -2.33. The van der Waals surface area contributed by atoms with E-state index in [9.17, 15) is 9.90 Å². The van der Waals surface area contributed by atoms with Crippen LogP contribution >= 0.6 is 0 Å². The maximum Gasteiger partial charge on any atom is 0.355 e. The highest BCUT2D eigenvalue weighted by molar-refractivity contribution is 5.82. The highest BCUT2D eigenvalue weighted by Crippen LogP contribution is 2.45. The maximum absolute atomic E-state index is 12.8. The van der Waals surface area contributed by atoms with Crippen LogP contribution in [0.1, 0.15) is 51.5 Å². The number of rotatable bonds is 11. The topological polar surface area (TPSA) is 55.8 Å². The zero-order valence-corrected chi connectivity index (χ0v) is 16.5. The van der Waals surface area contributed by atoms with E-state index in [4.69, 9.17) is 9.47 Å². The fourth-order valence-corrected chi connectivity index (χ4v) is 3.77. The van der Waals surface area contributed by atoms with Gasteiger partial charge in [-0.15, -0.1) is 0 Å². The minimum atomic E-state index is -1.65. The molecule has 0 bridgehead atoms. The zero-order valence-electron chi connectivity index (χ0n) is 16.5. The van der Waals surface area contributed by atoms with E-state index in [-0.39, 0.29) is 0 Å². The number of ether oxygens (including phenoxy) is 2. The van der Waals surface area contributed by atoms with Crippen molar-refractivity contribution in [3.8, 4) is 5.75 Å². The number of benzene rings is 2. The van der Waals surface area contributed by atoms with Crippen molar-refractivity contribution < 1.29 is 19.4 Å². The molecule has 1 N–H and O–H groups in total. The van der Waals surface area contributed by atoms with Gasteiger partial charge in [0.25, 0.3) is 5.60 Å². The van der Waals surface area contributed by atoms with Crippen molar-refractivity contribution >= 4 is 5.97 Å². The second kappa shape index (κ2) is 9.56. The van der Waals surface area contributed by atoms with E-state index < -0.39 is 17.2 Å². The summed E-state index contributed by atoms with van der Waals surface area (Å²) in [5.41, 5.74) is -2.06. The molecule has 0 aliphatic heterocycles. The molecule has 4 nitrogen and oxygen atoms in total. The van der Waals surface area contributed by atoms with Crippen molar-refractivity contribution in [2.24, 2.45) is 0 Å². The Balaban J connectivity index is 2.66. The summed E-state index contributed by atoms with van der Waals surface area (Å²) in [7, 11) is 1.59. The predicted molar refractivity (Wildman–Crippen MR) is 107 cm³/mol. The SMILES string of the molecule is CCCCCC(CC)(OC)C(Oc1ccccc1)(C(=O)O)c1ccccc1. The lowest BCUT2D eigenvalue weighted by atomic mass is 9.72. The summed E-state index contributed by atoms with van der Waals surface area (Å²) in [5.74, 6) is -0.535. The van der Waals surface area contributed by atoms with Crippen LogP contribution < -0.4 is 4.74 Å². The van der Waals surface area contributed by atoms with E-state index in [0.29, 0.717) is 24.2 Å². The second-order valence-electron chi connectivity index (χ2n) is 6.78. The van der Waals surface area contributed by atoms with E-state index >= 15 is 0 Å². The molecule has 2 rings (SSSR count). The quantitative estimate of drug-likeness (QED) is 0.537. The third-order valence-corrected chi connectivity index (χ3v) is 5.28. The summed E-state index contributed by atoms with van der Waals surface area (Å²) in [6.07, 6.45) is 4.05. The molecule has 0 aliphatic rings. The van der Waals surface area contributed by atoms with Gasteiger partial charge in [-0.25, -0.2) is 4.79 Å². The van der Waals surface area contributed by atoms with Gasteiger partial charge in [0.2, 0.25) is 0 Å². The largest absolute Gasteiger partial charge is 0.478 e. The van der Waals surface area contributed by atoms with Crippen molar-refractivity contribution in [1.29, 1.82) is 0 Å². The summed E-state index contributed by atoms with van der Waals surface area (Å²) in [4.78, 5) is 12.8. The van der Waals surface area contributed by atoms with Gasteiger partial charge in [0.1, 0.15) is 11.4 Å². The van der Waals surface area contributed by atoms with Crippen LogP contribution in [0, 0.1) is 0 Å². The van der Waals surface area contributed by atoms with Crippen molar-refractivity contribution in [3.63, 3.8) is 0 Å². The summed E-state index contributed by atoms with van der Waals surface area (Å²) in [6, 6.07) is 18.3. The standard InChI is InChI=1S/C23H30O4/c1-4-6-13-18-22(5-2,26-3)23(21(24)25,19-14-9-7-10-15-19)27-20-16-11-8-12-17-20/h7-12,14-17H,4-6,13,18H2,1-3H3,(H,24,25). The number of carboxylic acid groups (broad SMARTS) is 1. The minimum Gasteiger partial charge on any atom is -0.478 e. The summed E-state index contributed by atoms with van der Waals surface area (Å²) in [5, 5.41) is 10.5. The number of aliphatic carboxylic acids is 1. The van der Waals surface area contributed by atoms with E-state index in [1.54, 1.807) is 31.4 Å². The number of methoxy groups -OCH3 is 1. The van der Waals surface area contributed by atoms with Gasteiger partial charge in [0.15, 0.2) is 0 Å². The van der Waals surface area contributed by atoms with E-state index in [2.05, 4.69) is 6.92 Å². The van der Waals surface area contributed by atoms with Gasteiger partial charge in [-0.1, -0.05) is 81.6 Å². The first-order valence-corrected chi connectivity index (χ1v) is 9.64. The van der Waals surface area contributed by atoms with E-state index in [1.807, 2.05) is 43.3 Å². The zero-order chi connectivity index (χ0) is 19.8. The van der Waals surface area contributed by atoms with Crippen molar-refractivity contribution in [2.45, 2.75) is 57.2 Å².